The zero-order valence-electron chi connectivity index (χ0n) is 22.0. The lowest BCUT2D eigenvalue weighted by Gasteiger charge is -2.40. The fourth-order valence-corrected chi connectivity index (χ4v) is 6.58. The third kappa shape index (κ3) is 5.51. The molecule has 6 rings (SSSR count). The molecule has 2 heterocycles. The first kappa shape index (κ1) is 24.4. The van der Waals surface area contributed by atoms with Gasteiger partial charge in [-0.15, -0.1) is 0 Å². The van der Waals surface area contributed by atoms with Crippen LogP contribution in [0.15, 0.2) is 84.9 Å². The number of para-hydroxylation sites is 2. The molecular formula is C33H40N4. The molecule has 192 valence electrons. The lowest BCUT2D eigenvalue weighted by atomic mass is 9.88. The Morgan fingerprint density at radius 1 is 0.676 bits per heavy atom. The normalized spacial score (nSPS) is 18.1. The molecule has 1 aromatic heterocycles. The first-order valence-corrected chi connectivity index (χ1v) is 14.4. The van der Waals surface area contributed by atoms with E-state index < -0.39 is 0 Å². The van der Waals surface area contributed by atoms with E-state index in [1.807, 2.05) is 0 Å². The highest BCUT2D eigenvalue weighted by Gasteiger charge is 2.26. The Kier molecular flexibility index (Phi) is 7.66. The molecule has 0 atom stereocenters. The van der Waals surface area contributed by atoms with Crippen molar-refractivity contribution in [3.8, 4) is 0 Å². The summed E-state index contributed by atoms with van der Waals surface area (Å²) in [5, 5.41) is 0. The second-order valence-electron chi connectivity index (χ2n) is 10.9. The third-order valence-corrected chi connectivity index (χ3v) is 8.51. The topological polar surface area (TPSA) is 24.3 Å². The van der Waals surface area contributed by atoms with Gasteiger partial charge < -0.3 is 9.47 Å². The number of piperazine rings is 1. The summed E-state index contributed by atoms with van der Waals surface area (Å²) in [5.74, 6) is 1.98. The summed E-state index contributed by atoms with van der Waals surface area (Å²) in [6.07, 6.45) is 7.87. The van der Waals surface area contributed by atoms with E-state index in [0.29, 0.717) is 12.0 Å². The maximum atomic E-state index is 5.13. The summed E-state index contributed by atoms with van der Waals surface area (Å²) < 4.78 is 2.56. The van der Waals surface area contributed by atoms with Gasteiger partial charge in [-0.3, -0.25) is 4.90 Å². The van der Waals surface area contributed by atoms with Crippen LogP contribution in [0.25, 0.3) is 11.0 Å². The van der Waals surface area contributed by atoms with E-state index in [4.69, 9.17) is 4.98 Å². The van der Waals surface area contributed by atoms with Crippen LogP contribution in [0.5, 0.6) is 0 Å². The van der Waals surface area contributed by atoms with Gasteiger partial charge in [0.1, 0.15) is 5.82 Å². The van der Waals surface area contributed by atoms with E-state index in [0.717, 1.165) is 39.3 Å². The molecule has 3 aromatic carbocycles. The van der Waals surface area contributed by atoms with Crippen molar-refractivity contribution in [2.75, 3.05) is 32.7 Å². The molecular weight excluding hydrogens is 452 g/mol. The van der Waals surface area contributed by atoms with Crippen LogP contribution >= 0.6 is 0 Å². The van der Waals surface area contributed by atoms with Crippen molar-refractivity contribution in [1.29, 1.82) is 0 Å². The zero-order chi connectivity index (χ0) is 24.9. The zero-order valence-corrected chi connectivity index (χ0v) is 22.0. The molecule has 1 saturated heterocycles. The number of aromatic nitrogens is 2. The van der Waals surface area contributed by atoms with Gasteiger partial charge in [0.05, 0.1) is 17.1 Å². The molecule has 4 aromatic rings. The maximum Gasteiger partial charge on any atom is 0.112 e. The molecule has 0 spiro atoms. The predicted octanol–water partition coefficient (Wildman–Crippen LogP) is 6.88. The molecule has 2 fully saturated rings. The molecule has 1 aliphatic carbocycles. The molecule has 0 radical (unpaired) electrons. The van der Waals surface area contributed by atoms with Crippen LogP contribution in [0, 0.1) is 0 Å². The molecule has 2 aliphatic rings. The van der Waals surface area contributed by atoms with Crippen LogP contribution in [0.2, 0.25) is 0 Å². The van der Waals surface area contributed by atoms with E-state index in [9.17, 15) is 0 Å². The number of nitrogens with zero attached hydrogens (tertiary/aromatic N) is 4. The van der Waals surface area contributed by atoms with Crippen molar-refractivity contribution in [3.05, 3.63) is 102 Å². The largest absolute Gasteiger partial charge is 0.328 e. The van der Waals surface area contributed by atoms with E-state index in [1.54, 1.807) is 0 Å². The summed E-state index contributed by atoms with van der Waals surface area (Å²) in [5.41, 5.74) is 5.28. The average Bonchev–Trinajstić information content (AvgIpc) is 3.34. The van der Waals surface area contributed by atoms with Crippen molar-refractivity contribution in [2.45, 2.75) is 57.0 Å². The molecule has 37 heavy (non-hydrogen) atoms. The van der Waals surface area contributed by atoms with Gasteiger partial charge in [-0.1, -0.05) is 92.1 Å². The molecule has 1 saturated carbocycles. The Balaban J connectivity index is 1.09. The number of hydrogen-bond donors (Lipinski definition) is 0. The van der Waals surface area contributed by atoms with Gasteiger partial charge in [-0.05, 0) is 49.1 Å². The summed E-state index contributed by atoms with van der Waals surface area (Å²) in [4.78, 5) is 10.5. The van der Waals surface area contributed by atoms with Crippen LogP contribution in [0.1, 0.15) is 67.4 Å². The van der Waals surface area contributed by atoms with E-state index in [2.05, 4.69) is 99.3 Å². The van der Waals surface area contributed by atoms with Gasteiger partial charge in [-0.2, -0.15) is 0 Å². The summed E-state index contributed by atoms with van der Waals surface area (Å²) in [7, 11) is 0. The fourth-order valence-electron chi connectivity index (χ4n) is 6.58. The van der Waals surface area contributed by atoms with Crippen molar-refractivity contribution < 1.29 is 0 Å². The molecule has 1 aliphatic heterocycles. The summed E-state index contributed by atoms with van der Waals surface area (Å²) in [6.45, 7) is 6.72. The standard InChI is InChI=1S/C33H40N4/c1-4-13-27(14-5-1)32(28-15-6-2-7-16-28)36-25-23-35(24-26-36)21-12-22-37-31-20-11-10-19-30(31)34-33(37)29-17-8-3-9-18-29/h1-2,4-7,10-11,13-16,19-20,29,32H,3,8-9,12,17-18,21-26H2. The quantitative estimate of drug-likeness (QED) is 0.268. The number of fused-ring (bicyclic) bond motifs is 1. The number of imidazole rings is 1. The van der Waals surface area contributed by atoms with E-state index in [1.165, 1.54) is 66.5 Å². The van der Waals surface area contributed by atoms with Crippen molar-refractivity contribution >= 4 is 11.0 Å². The number of rotatable bonds is 8. The van der Waals surface area contributed by atoms with Gasteiger partial charge in [-0.25, -0.2) is 4.98 Å². The number of hydrogen-bond acceptors (Lipinski definition) is 3. The first-order chi connectivity index (χ1) is 18.4. The van der Waals surface area contributed by atoms with Crippen molar-refractivity contribution in [1.82, 2.24) is 19.4 Å². The minimum atomic E-state index is 0.333. The van der Waals surface area contributed by atoms with Crippen LogP contribution in [0.3, 0.4) is 0 Å². The number of benzene rings is 3. The molecule has 0 N–H and O–H groups in total. The highest BCUT2D eigenvalue weighted by molar-refractivity contribution is 5.76. The predicted molar refractivity (Wildman–Crippen MR) is 153 cm³/mol. The fraction of sp³-hybridized carbons (Fsp3) is 0.424. The van der Waals surface area contributed by atoms with Gasteiger partial charge in [0, 0.05) is 38.6 Å². The molecule has 0 bridgehead atoms. The van der Waals surface area contributed by atoms with Crippen molar-refractivity contribution in [3.63, 3.8) is 0 Å². The average molecular weight is 493 g/mol. The smallest absolute Gasteiger partial charge is 0.112 e. The van der Waals surface area contributed by atoms with Crippen LogP contribution < -0.4 is 0 Å². The molecule has 0 unspecified atom stereocenters. The Morgan fingerprint density at radius 2 is 1.30 bits per heavy atom. The highest BCUT2D eigenvalue weighted by Crippen LogP contribution is 2.34. The number of aryl methyl sites for hydroxylation is 1. The van der Waals surface area contributed by atoms with Crippen LogP contribution in [0.4, 0.5) is 0 Å². The Morgan fingerprint density at radius 3 is 1.97 bits per heavy atom. The van der Waals surface area contributed by atoms with Gasteiger partial charge in [0.2, 0.25) is 0 Å². The Hall–Kier alpha value is -2.95. The highest BCUT2D eigenvalue weighted by atomic mass is 15.3. The van der Waals surface area contributed by atoms with E-state index in [-0.39, 0.29) is 0 Å². The minimum Gasteiger partial charge on any atom is -0.328 e. The minimum absolute atomic E-state index is 0.333. The maximum absolute atomic E-state index is 5.13. The van der Waals surface area contributed by atoms with Crippen LogP contribution in [-0.4, -0.2) is 52.1 Å². The van der Waals surface area contributed by atoms with Gasteiger partial charge in [0.25, 0.3) is 0 Å². The lowest BCUT2D eigenvalue weighted by molar-refractivity contribution is 0.108. The molecule has 4 nitrogen and oxygen atoms in total. The Labute approximate surface area is 221 Å². The van der Waals surface area contributed by atoms with Gasteiger partial charge >= 0.3 is 0 Å². The van der Waals surface area contributed by atoms with E-state index >= 15 is 0 Å². The summed E-state index contributed by atoms with van der Waals surface area (Å²) in [6, 6.07) is 31.1. The first-order valence-electron chi connectivity index (χ1n) is 14.4. The SMILES string of the molecule is c1ccc(C(c2ccccc2)N2CCN(CCCn3c(C4CCCCC4)nc4ccccc43)CC2)cc1. The summed E-state index contributed by atoms with van der Waals surface area (Å²) >= 11 is 0. The Bertz CT molecular complexity index is 1210. The second-order valence-corrected chi connectivity index (χ2v) is 10.9. The lowest BCUT2D eigenvalue weighted by Crippen LogP contribution is -2.48. The van der Waals surface area contributed by atoms with Crippen molar-refractivity contribution in [2.24, 2.45) is 0 Å². The third-order valence-electron chi connectivity index (χ3n) is 8.51. The molecule has 0 amide bonds. The monoisotopic (exact) mass is 492 g/mol. The van der Waals surface area contributed by atoms with Crippen LogP contribution in [-0.2, 0) is 6.54 Å². The van der Waals surface area contributed by atoms with Gasteiger partial charge in [0.15, 0.2) is 0 Å². The second kappa shape index (κ2) is 11.6. The molecule has 4 heteroatoms.